The van der Waals surface area contributed by atoms with Gasteiger partial charge in [0.1, 0.15) is 5.75 Å². The number of nitrogens with zero attached hydrogens (tertiary/aromatic N) is 2. The van der Waals surface area contributed by atoms with Crippen molar-refractivity contribution in [3.8, 4) is 17.0 Å². The van der Waals surface area contributed by atoms with Crippen LogP contribution in [-0.2, 0) is 6.18 Å². The fraction of sp³-hybridized carbons (Fsp3) is 0.0833. The number of alkyl halides is 3. The standard InChI is InChI=1S/C12H7F3N2O3/c13-12(14,15)7-5-9(17(19)20)11(16-6-7)8-3-1-2-4-10(8)18/h1-6,18H. The lowest BCUT2D eigenvalue weighted by Gasteiger charge is -2.09. The van der Waals surface area contributed by atoms with E-state index < -0.39 is 22.4 Å². The first-order chi connectivity index (χ1) is 9.30. The predicted molar refractivity (Wildman–Crippen MR) is 63.0 cm³/mol. The summed E-state index contributed by atoms with van der Waals surface area (Å²) in [7, 11) is 0. The summed E-state index contributed by atoms with van der Waals surface area (Å²) >= 11 is 0. The van der Waals surface area contributed by atoms with Crippen LogP contribution in [0.5, 0.6) is 5.75 Å². The van der Waals surface area contributed by atoms with Gasteiger partial charge in [-0.15, -0.1) is 0 Å². The normalized spacial score (nSPS) is 11.3. The fourth-order valence-corrected chi connectivity index (χ4v) is 1.63. The Morgan fingerprint density at radius 3 is 2.45 bits per heavy atom. The molecule has 0 unspecified atom stereocenters. The number of hydrogen-bond donors (Lipinski definition) is 1. The van der Waals surface area contributed by atoms with E-state index in [9.17, 15) is 28.4 Å². The zero-order valence-corrected chi connectivity index (χ0v) is 9.76. The van der Waals surface area contributed by atoms with Gasteiger partial charge >= 0.3 is 6.18 Å². The van der Waals surface area contributed by atoms with Gasteiger partial charge < -0.3 is 5.11 Å². The first-order valence-electron chi connectivity index (χ1n) is 5.30. The van der Waals surface area contributed by atoms with E-state index in [-0.39, 0.29) is 17.0 Å². The van der Waals surface area contributed by atoms with Crippen molar-refractivity contribution in [1.29, 1.82) is 0 Å². The van der Waals surface area contributed by atoms with Crippen LogP contribution in [-0.4, -0.2) is 15.0 Å². The van der Waals surface area contributed by atoms with Crippen molar-refractivity contribution in [2.24, 2.45) is 0 Å². The lowest BCUT2D eigenvalue weighted by atomic mass is 10.1. The molecule has 0 atom stereocenters. The lowest BCUT2D eigenvalue weighted by molar-refractivity contribution is -0.384. The Balaban J connectivity index is 2.66. The highest BCUT2D eigenvalue weighted by atomic mass is 19.4. The summed E-state index contributed by atoms with van der Waals surface area (Å²) in [5.41, 5.74) is -2.36. The van der Waals surface area contributed by atoms with Crippen molar-refractivity contribution < 1.29 is 23.2 Å². The van der Waals surface area contributed by atoms with Crippen molar-refractivity contribution in [1.82, 2.24) is 4.98 Å². The highest BCUT2D eigenvalue weighted by molar-refractivity contribution is 5.74. The van der Waals surface area contributed by atoms with Gasteiger partial charge in [0, 0.05) is 17.8 Å². The molecule has 2 rings (SSSR count). The monoisotopic (exact) mass is 284 g/mol. The molecule has 1 aromatic carbocycles. The Labute approximate surface area is 110 Å². The third kappa shape index (κ3) is 2.53. The number of benzene rings is 1. The van der Waals surface area contributed by atoms with E-state index in [1.807, 2.05) is 0 Å². The summed E-state index contributed by atoms with van der Waals surface area (Å²) < 4.78 is 37.6. The van der Waals surface area contributed by atoms with Crippen LogP contribution in [0, 0.1) is 10.1 Å². The first-order valence-corrected chi connectivity index (χ1v) is 5.30. The van der Waals surface area contributed by atoms with E-state index in [2.05, 4.69) is 4.98 Å². The third-order valence-corrected chi connectivity index (χ3v) is 2.55. The van der Waals surface area contributed by atoms with Crippen LogP contribution in [0.3, 0.4) is 0 Å². The molecule has 1 heterocycles. The average Bonchev–Trinajstić information content (AvgIpc) is 2.37. The number of halogens is 3. The summed E-state index contributed by atoms with van der Waals surface area (Å²) in [5, 5.41) is 20.5. The number of phenols is 1. The van der Waals surface area contributed by atoms with Crippen LogP contribution < -0.4 is 0 Å². The Bertz CT molecular complexity index is 671. The quantitative estimate of drug-likeness (QED) is 0.677. The molecule has 0 aliphatic carbocycles. The number of aromatic nitrogens is 1. The lowest BCUT2D eigenvalue weighted by Crippen LogP contribution is -2.07. The van der Waals surface area contributed by atoms with E-state index in [0.717, 1.165) is 0 Å². The first kappa shape index (κ1) is 13.8. The van der Waals surface area contributed by atoms with Gasteiger partial charge in [-0.25, -0.2) is 4.98 Å². The largest absolute Gasteiger partial charge is 0.507 e. The Morgan fingerprint density at radius 2 is 1.90 bits per heavy atom. The van der Waals surface area contributed by atoms with Crippen molar-refractivity contribution in [2.45, 2.75) is 6.18 Å². The van der Waals surface area contributed by atoms with Gasteiger partial charge in [-0.1, -0.05) is 12.1 Å². The van der Waals surface area contributed by atoms with Crippen LogP contribution in [0.25, 0.3) is 11.3 Å². The SMILES string of the molecule is O=[N+]([O-])c1cc(C(F)(F)F)cnc1-c1ccccc1O. The van der Waals surface area contributed by atoms with Crippen molar-refractivity contribution in [3.05, 3.63) is 52.2 Å². The number of nitro groups is 1. The molecular weight excluding hydrogens is 277 g/mol. The molecule has 0 fully saturated rings. The van der Waals surface area contributed by atoms with E-state index in [0.29, 0.717) is 12.3 Å². The second kappa shape index (κ2) is 4.80. The number of hydrogen-bond acceptors (Lipinski definition) is 4. The van der Waals surface area contributed by atoms with Crippen LogP contribution in [0.2, 0.25) is 0 Å². The van der Waals surface area contributed by atoms with Gasteiger partial charge in [0.05, 0.1) is 10.5 Å². The molecule has 104 valence electrons. The molecule has 2 aromatic rings. The van der Waals surface area contributed by atoms with E-state index in [1.165, 1.54) is 24.3 Å². The molecular formula is C12H7F3N2O3. The molecule has 0 radical (unpaired) electrons. The number of phenolic OH excluding ortho intramolecular Hbond substituents is 1. The van der Waals surface area contributed by atoms with E-state index >= 15 is 0 Å². The zero-order chi connectivity index (χ0) is 14.9. The second-order valence-electron chi connectivity index (χ2n) is 3.86. The van der Waals surface area contributed by atoms with Gasteiger partial charge in [0.25, 0.3) is 5.69 Å². The van der Waals surface area contributed by atoms with Gasteiger partial charge in [0.15, 0.2) is 5.69 Å². The minimum atomic E-state index is -4.73. The Morgan fingerprint density at radius 1 is 1.25 bits per heavy atom. The van der Waals surface area contributed by atoms with Gasteiger partial charge in [-0.05, 0) is 12.1 Å². The smallest absolute Gasteiger partial charge is 0.418 e. The molecule has 0 aliphatic rings. The minimum Gasteiger partial charge on any atom is -0.507 e. The molecule has 1 N–H and O–H groups in total. The van der Waals surface area contributed by atoms with Crippen molar-refractivity contribution in [2.75, 3.05) is 0 Å². The third-order valence-electron chi connectivity index (χ3n) is 2.55. The summed E-state index contributed by atoms with van der Waals surface area (Å²) in [6.45, 7) is 0. The minimum absolute atomic E-state index is 0.00655. The molecule has 0 spiro atoms. The van der Waals surface area contributed by atoms with E-state index in [1.54, 1.807) is 0 Å². The predicted octanol–water partition coefficient (Wildman–Crippen LogP) is 3.38. The molecule has 8 heteroatoms. The summed E-state index contributed by atoms with van der Waals surface area (Å²) in [6, 6.07) is 5.96. The number of rotatable bonds is 2. The van der Waals surface area contributed by atoms with Crippen LogP contribution in [0.4, 0.5) is 18.9 Å². The number of aromatic hydroxyl groups is 1. The number of para-hydroxylation sites is 1. The Kier molecular flexibility index (Phi) is 3.31. The average molecular weight is 284 g/mol. The molecule has 0 saturated heterocycles. The maximum Gasteiger partial charge on any atom is 0.418 e. The highest BCUT2D eigenvalue weighted by Gasteiger charge is 2.34. The summed E-state index contributed by atoms with van der Waals surface area (Å²) in [4.78, 5) is 13.4. The van der Waals surface area contributed by atoms with Crippen LogP contribution >= 0.6 is 0 Å². The maximum absolute atomic E-state index is 12.5. The highest BCUT2D eigenvalue weighted by Crippen LogP contribution is 2.37. The molecule has 1 aromatic heterocycles. The second-order valence-corrected chi connectivity index (χ2v) is 3.86. The Hall–Kier alpha value is -2.64. The van der Waals surface area contributed by atoms with Crippen LogP contribution in [0.15, 0.2) is 36.5 Å². The summed E-state index contributed by atoms with van der Waals surface area (Å²) in [6.07, 6.45) is -4.23. The van der Waals surface area contributed by atoms with Crippen molar-refractivity contribution >= 4 is 5.69 Å². The van der Waals surface area contributed by atoms with E-state index in [4.69, 9.17) is 0 Å². The fourth-order valence-electron chi connectivity index (χ4n) is 1.63. The van der Waals surface area contributed by atoms with Gasteiger partial charge in [-0.3, -0.25) is 10.1 Å². The summed E-state index contributed by atoms with van der Waals surface area (Å²) in [5.74, 6) is -0.303. The molecule has 0 saturated carbocycles. The maximum atomic E-state index is 12.5. The molecule has 0 aliphatic heterocycles. The van der Waals surface area contributed by atoms with Crippen molar-refractivity contribution in [3.63, 3.8) is 0 Å². The molecule has 0 bridgehead atoms. The van der Waals surface area contributed by atoms with Gasteiger partial charge in [-0.2, -0.15) is 13.2 Å². The number of pyridine rings is 1. The molecule has 20 heavy (non-hydrogen) atoms. The molecule has 0 amide bonds. The molecule has 5 nitrogen and oxygen atoms in total. The van der Waals surface area contributed by atoms with Gasteiger partial charge in [0.2, 0.25) is 0 Å². The van der Waals surface area contributed by atoms with Crippen LogP contribution in [0.1, 0.15) is 5.56 Å². The zero-order valence-electron chi connectivity index (χ0n) is 9.76. The topological polar surface area (TPSA) is 76.3 Å².